The van der Waals surface area contributed by atoms with Crippen LogP contribution in [-0.2, 0) is 19.5 Å². The highest BCUT2D eigenvalue weighted by Crippen LogP contribution is 2.13. The molecule has 0 aliphatic rings. The fourth-order valence-corrected chi connectivity index (χ4v) is 2.30. The van der Waals surface area contributed by atoms with Crippen LogP contribution in [-0.4, -0.2) is 32.7 Å². The quantitative estimate of drug-likeness (QED) is 0.662. The summed E-state index contributed by atoms with van der Waals surface area (Å²) in [6, 6.07) is 4.84. The lowest BCUT2D eigenvalue weighted by Gasteiger charge is -2.19. The number of hydrogen-bond donors (Lipinski definition) is 1. The van der Waals surface area contributed by atoms with Crippen molar-refractivity contribution in [1.82, 2.24) is 4.72 Å². The van der Waals surface area contributed by atoms with E-state index in [-0.39, 0.29) is 17.1 Å². The average molecular weight is 339 g/mol. The topological polar surface area (TPSA) is 98.8 Å². The molecule has 0 aliphatic carbocycles. The summed E-state index contributed by atoms with van der Waals surface area (Å²) in [7, 11) is -4.10. The molecular weight excluding hydrogens is 322 g/mol. The van der Waals surface area contributed by atoms with E-state index in [0.29, 0.717) is 0 Å². The second-order valence-electron chi connectivity index (χ2n) is 5.41. The van der Waals surface area contributed by atoms with E-state index < -0.39 is 27.7 Å². The van der Waals surface area contributed by atoms with Gasteiger partial charge in [0, 0.05) is 0 Å². The normalized spacial score (nSPS) is 11.2. The Hall–Kier alpha value is -2.53. The van der Waals surface area contributed by atoms with Crippen LogP contribution in [0.1, 0.15) is 31.1 Å². The summed E-state index contributed by atoms with van der Waals surface area (Å²) in [6.07, 6.45) is 3.88. The molecular formula is C15H17NO6S. The molecule has 0 fully saturated rings. The molecule has 0 saturated heterocycles. The minimum absolute atomic E-state index is 0.136. The third-order valence-corrected chi connectivity index (χ3v) is 3.63. The molecule has 1 rings (SSSR count). The first kappa shape index (κ1) is 18.5. The summed E-state index contributed by atoms with van der Waals surface area (Å²) in [5, 5.41) is 0. The number of amides is 1. The first-order valence-electron chi connectivity index (χ1n) is 6.51. The van der Waals surface area contributed by atoms with Crippen LogP contribution < -0.4 is 4.72 Å². The number of benzene rings is 1. The first-order valence-corrected chi connectivity index (χ1v) is 8.00. The maximum Gasteiger partial charge on any atom is 0.421 e. The molecule has 7 nitrogen and oxygen atoms in total. The third kappa shape index (κ3) is 6.00. The summed E-state index contributed by atoms with van der Waals surface area (Å²) in [6.45, 7) is 4.64. The lowest BCUT2D eigenvalue weighted by Crippen LogP contribution is -2.36. The van der Waals surface area contributed by atoms with Crippen molar-refractivity contribution >= 4 is 22.1 Å². The Labute approximate surface area is 135 Å². The van der Waals surface area contributed by atoms with Crippen LogP contribution in [0.25, 0.3) is 0 Å². The predicted octanol–water partition coefficient (Wildman–Crippen LogP) is 1.69. The van der Waals surface area contributed by atoms with Gasteiger partial charge in [0.2, 0.25) is 0 Å². The van der Waals surface area contributed by atoms with Crippen molar-refractivity contribution in [2.75, 3.05) is 6.61 Å². The summed E-state index contributed by atoms with van der Waals surface area (Å²) in [4.78, 5) is 22.9. The van der Waals surface area contributed by atoms with E-state index in [1.807, 2.05) is 0 Å². The number of terminal acetylenes is 1. The highest BCUT2D eigenvalue weighted by molar-refractivity contribution is 7.90. The van der Waals surface area contributed by atoms with E-state index in [9.17, 15) is 18.0 Å². The first-order chi connectivity index (χ1) is 10.5. The molecule has 0 aromatic heterocycles. The van der Waals surface area contributed by atoms with Crippen LogP contribution in [0.2, 0.25) is 0 Å². The van der Waals surface area contributed by atoms with Crippen LogP contribution in [0.5, 0.6) is 0 Å². The second-order valence-corrected chi connectivity index (χ2v) is 7.09. The van der Waals surface area contributed by atoms with E-state index in [0.717, 1.165) is 0 Å². The Morgan fingerprint density at radius 3 is 2.26 bits per heavy atom. The van der Waals surface area contributed by atoms with Gasteiger partial charge in [0.1, 0.15) is 5.60 Å². The van der Waals surface area contributed by atoms with Crippen LogP contribution in [0.3, 0.4) is 0 Å². The van der Waals surface area contributed by atoms with Gasteiger partial charge in [-0.1, -0.05) is 5.92 Å². The van der Waals surface area contributed by atoms with Gasteiger partial charge in [0.05, 0.1) is 10.5 Å². The monoisotopic (exact) mass is 339 g/mol. The molecule has 1 amide bonds. The number of carbonyl (C=O) groups excluding carboxylic acids is 2. The molecule has 1 N–H and O–H groups in total. The zero-order valence-electron chi connectivity index (χ0n) is 13.0. The number of ether oxygens (including phenoxy) is 2. The van der Waals surface area contributed by atoms with Gasteiger partial charge in [0.25, 0.3) is 10.0 Å². The standard InChI is InChI=1S/C15H17NO6S/c1-5-10-21-13(17)11-6-8-12(9-7-11)23(19,20)16-14(18)22-15(2,3)4/h1,6-9H,10H2,2-4H3,(H,16,18). The number of nitrogens with one attached hydrogen (secondary N) is 1. The minimum Gasteiger partial charge on any atom is -0.449 e. The van der Waals surface area contributed by atoms with Gasteiger partial charge < -0.3 is 9.47 Å². The van der Waals surface area contributed by atoms with E-state index in [2.05, 4.69) is 5.92 Å². The molecule has 1 aromatic rings. The highest BCUT2D eigenvalue weighted by Gasteiger charge is 2.23. The van der Waals surface area contributed by atoms with Gasteiger partial charge in [-0.15, -0.1) is 6.42 Å². The van der Waals surface area contributed by atoms with Crippen molar-refractivity contribution in [1.29, 1.82) is 0 Å². The third-order valence-electron chi connectivity index (χ3n) is 2.30. The molecule has 8 heteroatoms. The average Bonchev–Trinajstić information content (AvgIpc) is 2.42. The van der Waals surface area contributed by atoms with Crippen LogP contribution in [0.15, 0.2) is 29.2 Å². The smallest absolute Gasteiger partial charge is 0.421 e. The van der Waals surface area contributed by atoms with Crippen molar-refractivity contribution in [2.45, 2.75) is 31.3 Å². The molecule has 0 heterocycles. The highest BCUT2D eigenvalue weighted by atomic mass is 32.2. The van der Waals surface area contributed by atoms with E-state index in [4.69, 9.17) is 15.9 Å². The van der Waals surface area contributed by atoms with E-state index in [1.165, 1.54) is 24.3 Å². The van der Waals surface area contributed by atoms with Crippen LogP contribution in [0.4, 0.5) is 4.79 Å². The summed E-state index contributed by atoms with van der Waals surface area (Å²) < 4.78 is 35.4. The van der Waals surface area contributed by atoms with Gasteiger partial charge in [-0.3, -0.25) is 0 Å². The fourth-order valence-electron chi connectivity index (χ4n) is 1.43. The van der Waals surface area contributed by atoms with Gasteiger partial charge in [-0.2, -0.15) is 0 Å². The van der Waals surface area contributed by atoms with Gasteiger partial charge in [-0.25, -0.2) is 22.7 Å². The Balaban J connectivity index is 2.84. The van der Waals surface area contributed by atoms with Crippen molar-refractivity contribution in [3.8, 4) is 12.3 Å². The molecule has 0 radical (unpaired) electrons. The van der Waals surface area contributed by atoms with Crippen molar-refractivity contribution in [2.24, 2.45) is 0 Å². The van der Waals surface area contributed by atoms with Crippen molar-refractivity contribution in [3.63, 3.8) is 0 Å². The molecule has 124 valence electrons. The Morgan fingerprint density at radius 1 is 1.22 bits per heavy atom. The molecule has 0 unspecified atom stereocenters. The second kappa shape index (κ2) is 7.15. The predicted molar refractivity (Wildman–Crippen MR) is 82.1 cm³/mol. The lowest BCUT2D eigenvalue weighted by atomic mass is 10.2. The van der Waals surface area contributed by atoms with Gasteiger partial charge >= 0.3 is 12.1 Å². The molecule has 1 aromatic carbocycles. The number of sulfonamides is 1. The Kier molecular flexibility index (Phi) is 5.76. The number of rotatable bonds is 4. The Morgan fingerprint density at radius 2 is 1.78 bits per heavy atom. The van der Waals surface area contributed by atoms with Gasteiger partial charge in [-0.05, 0) is 45.0 Å². The lowest BCUT2D eigenvalue weighted by molar-refractivity contribution is 0.0550. The zero-order chi connectivity index (χ0) is 17.7. The number of hydrogen-bond acceptors (Lipinski definition) is 6. The summed E-state index contributed by atoms with van der Waals surface area (Å²) in [5.41, 5.74) is -0.694. The van der Waals surface area contributed by atoms with E-state index >= 15 is 0 Å². The maximum atomic E-state index is 12.0. The number of esters is 1. The van der Waals surface area contributed by atoms with Crippen LogP contribution >= 0.6 is 0 Å². The summed E-state index contributed by atoms with van der Waals surface area (Å²) in [5.74, 6) is 1.47. The zero-order valence-corrected chi connectivity index (χ0v) is 13.8. The molecule has 23 heavy (non-hydrogen) atoms. The van der Waals surface area contributed by atoms with E-state index in [1.54, 1.807) is 25.5 Å². The molecule has 0 atom stereocenters. The van der Waals surface area contributed by atoms with Crippen LogP contribution in [0, 0.1) is 12.3 Å². The van der Waals surface area contributed by atoms with Crippen molar-refractivity contribution in [3.05, 3.63) is 29.8 Å². The molecule has 0 saturated carbocycles. The fraction of sp³-hybridized carbons (Fsp3) is 0.333. The molecule has 0 bridgehead atoms. The molecule has 0 spiro atoms. The maximum absolute atomic E-state index is 12.0. The van der Waals surface area contributed by atoms with Gasteiger partial charge in [0.15, 0.2) is 6.61 Å². The minimum atomic E-state index is -4.10. The Bertz CT molecular complexity index is 723. The molecule has 0 aliphatic heterocycles. The van der Waals surface area contributed by atoms with Crippen molar-refractivity contribution < 1.29 is 27.5 Å². The summed E-state index contributed by atoms with van der Waals surface area (Å²) >= 11 is 0. The SMILES string of the molecule is C#CCOC(=O)c1ccc(S(=O)(=O)NC(=O)OC(C)(C)C)cc1. The number of carbonyl (C=O) groups is 2. The largest absolute Gasteiger partial charge is 0.449 e.